The van der Waals surface area contributed by atoms with Gasteiger partial charge in [0.05, 0.1) is 10.6 Å². The minimum absolute atomic E-state index is 0.0452. The fourth-order valence-corrected chi connectivity index (χ4v) is 2.01. The fourth-order valence-electron chi connectivity index (χ4n) is 1.83. The number of benzene rings is 2. The minimum Gasteiger partial charge on any atom is -0.482 e. The summed E-state index contributed by atoms with van der Waals surface area (Å²) in [4.78, 5) is 11.8. The SMILES string of the molecule is Cc1ccc(Cl)c(OCC(=O)Nc2cccc(C(F)(F)F)c2)c1. The summed E-state index contributed by atoms with van der Waals surface area (Å²) < 4.78 is 43.1. The third-order valence-corrected chi connectivity index (χ3v) is 3.23. The Morgan fingerprint density at radius 1 is 1.22 bits per heavy atom. The molecule has 1 amide bonds. The zero-order valence-corrected chi connectivity index (χ0v) is 12.8. The molecular weight excluding hydrogens is 331 g/mol. The highest BCUT2D eigenvalue weighted by Gasteiger charge is 2.30. The van der Waals surface area contributed by atoms with Gasteiger partial charge in [0.2, 0.25) is 0 Å². The molecule has 7 heteroatoms. The average Bonchev–Trinajstić information content (AvgIpc) is 2.47. The van der Waals surface area contributed by atoms with Crippen LogP contribution in [0.25, 0.3) is 0 Å². The zero-order chi connectivity index (χ0) is 17.0. The van der Waals surface area contributed by atoms with E-state index in [-0.39, 0.29) is 12.3 Å². The van der Waals surface area contributed by atoms with Crippen LogP contribution in [0.15, 0.2) is 42.5 Å². The molecule has 0 unspecified atom stereocenters. The van der Waals surface area contributed by atoms with Gasteiger partial charge in [-0.25, -0.2) is 0 Å². The molecule has 0 bridgehead atoms. The number of ether oxygens (including phenoxy) is 1. The van der Waals surface area contributed by atoms with E-state index in [9.17, 15) is 18.0 Å². The number of nitrogens with one attached hydrogen (secondary N) is 1. The van der Waals surface area contributed by atoms with Crippen molar-refractivity contribution in [3.05, 3.63) is 58.6 Å². The molecule has 23 heavy (non-hydrogen) atoms. The van der Waals surface area contributed by atoms with Gasteiger partial charge < -0.3 is 10.1 Å². The van der Waals surface area contributed by atoms with Crippen molar-refractivity contribution in [2.24, 2.45) is 0 Å². The molecule has 0 saturated carbocycles. The Hall–Kier alpha value is -2.21. The second kappa shape index (κ2) is 6.91. The molecular formula is C16H13ClF3NO2. The van der Waals surface area contributed by atoms with Gasteiger partial charge in [-0.15, -0.1) is 0 Å². The zero-order valence-electron chi connectivity index (χ0n) is 12.1. The molecule has 2 aromatic rings. The van der Waals surface area contributed by atoms with Crippen LogP contribution in [0.3, 0.4) is 0 Å². The van der Waals surface area contributed by atoms with E-state index >= 15 is 0 Å². The Bertz CT molecular complexity index is 717. The molecule has 2 aromatic carbocycles. The Kier molecular flexibility index (Phi) is 5.15. The van der Waals surface area contributed by atoms with E-state index in [0.29, 0.717) is 10.8 Å². The summed E-state index contributed by atoms with van der Waals surface area (Å²) in [5, 5.41) is 2.70. The number of alkyl halides is 3. The number of anilines is 1. The molecule has 1 N–H and O–H groups in total. The Morgan fingerprint density at radius 3 is 2.65 bits per heavy atom. The fraction of sp³-hybridized carbons (Fsp3) is 0.188. The summed E-state index contributed by atoms with van der Waals surface area (Å²) in [6, 6.07) is 9.47. The van der Waals surface area contributed by atoms with E-state index in [1.807, 2.05) is 6.92 Å². The van der Waals surface area contributed by atoms with E-state index in [4.69, 9.17) is 16.3 Å². The predicted octanol–water partition coefficient (Wildman–Crippen LogP) is 4.68. The molecule has 0 heterocycles. The lowest BCUT2D eigenvalue weighted by Gasteiger charge is -2.11. The first-order valence-corrected chi connectivity index (χ1v) is 6.99. The maximum Gasteiger partial charge on any atom is 0.416 e. The van der Waals surface area contributed by atoms with E-state index in [1.165, 1.54) is 12.1 Å². The first kappa shape index (κ1) is 17.1. The predicted molar refractivity (Wildman–Crippen MR) is 81.8 cm³/mol. The maximum atomic E-state index is 12.6. The number of carbonyl (C=O) groups is 1. The number of carbonyl (C=O) groups excluding carboxylic acids is 1. The van der Waals surface area contributed by atoms with Gasteiger partial charge in [0.1, 0.15) is 5.75 Å². The number of rotatable bonds is 4. The minimum atomic E-state index is -4.47. The van der Waals surface area contributed by atoms with Crippen LogP contribution in [0.2, 0.25) is 5.02 Å². The van der Waals surface area contributed by atoms with Crippen molar-refractivity contribution in [1.82, 2.24) is 0 Å². The van der Waals surface area contributed by atoms with Crippen molar-refractivity contribution in [1.29, 1.82) is 0 Å². The van der Waals surface area contributed by atoms with Crippen LogP contribution < -0.4 is 10.1 Å². The maximum absolute atomic E-state index is 12.6. The molecule has 0 aromatic heterocycles. The molecule has 0 aliphatic rings. The van der Waals surface area contributed by atoms with Gasteiger partial charge in [0.15, 0.2) is 6.61 Å². The first-order chi connectivity index (χ1) is 10.8. The average molecular weight is 344 g/mol. The van der Waals surface area contributed by atoms with Gasteiger partial charge in [0.25, 0.3) is 5.91 Å². The van der Waals surface area contributed by atoms with Crippen LogP contribution in [0.4, 0.5) is 18.9 Å². The highest BCUT2D eigenvalue weighted by atomic mass is 35.5. The molecule has 0 saturated heterocycles. The monoisotopic (exact) mass is 343 g/mol. The molecule has 2 rings (SSSR count). The van der Waals surface area contributed by atoms with E-state index in [1.54, 1.807) is 18.2 Å². The molecule has 122 valence electrons. The van der Waals surface area contributed by atoms with Crippen LogP contribution in [-0.4, -0.2) is 12.5 Å². The smallest absolute Gasteiger partial charge is 0.416 e. The molecule has 0 aliphatic heterocycles. The summed E-state index contributed by atoms with van der Waals surface area (Å²) in [6.07, 6.45) is -4.47. The van der Waals surface area contributed by atoms with E-state index < -0.39 is 17.6 Å². The second-order valence-corrected chi connectivity index (χ2v) is 5.26. The number of hydrogen-bond donors (Lipinski definition) is 1. The van der Waals surface area contributed by atoms with Gasteiger partial charge in [-0.2, -0.15) is 13.2 Å². The van der Waals surface area contributed by atoms with Crippen molar-refractivity contribution in [2.45, 2.75) is 13.1 Å². The van der Waals surface area contributed by atoms with Gasteiger partial charge in [-0.1, -0.05) is 23.7 Å². The first-order valence-electron chi connectivity index (χ1n) is 6.62. The van der Waals surface area contributed by atoms with Gasteiger partial charge >= 0.3 is 6.18 Å². The van der Waals surface area contributed by atoms with Gasteiger partial charge in [-0.3, -0.25) is 4.79 Å². The highest BCUT2D eigenvalue weighted by molar-refractivity contribution is 6.32. The standard InChI is InChI=1S/C16H13ClF3NO2/c1-10-5-6-13(17)14(7-10)23-9-15(22)21-12-4-2-3-11(8-12)16(18,19)20/h2-8H,9H2,1H3,(H,21,22). The third kappa shape index (κ3) is 4.89. The van der Waals surface area contributed by atoms with Crippen molar-refractivity contribution >= 4 is 23.2 Å². The Morgan fingerprint density at radius 2 is 1.96 bits per heavy atom. The Labute approximate surface area is 136 Å². The second-order valence-electron chi connectivity index (χ2n) is 4.85. The molecule has 3 nitrogen and oxygen atoms in total. The van der Waals surface area contributed by atoms with Crippen LogP contribution in [0.1, 0.15) is 11.1 Å². The molecule has 0 aliphatic carbocycles. The van der Waals surface area contributed by atoms with E-state index in [0.717, 1.165) is 17.7 Å². The summed E-state index contributed by atoms with van der Waals surface area (Å²) in [5.41, 5.74) is 0.115. The topological polar surface area (TPSA) is 38.3 Å². The number of hydrogen-bond acceptors (Lipinski definition) is 2. The van der Waals surface area contributed by atoms with Crippen molar-refractivity contribution in [3.8, 4) is 5.75 Å². The van der Waals surface area contributed by atoms with E-state index in [2.05, 4.69) is 5.32 Å². The lowest BCUT2D eigenvalue weighted by Crippen LogP contribution is -2.20. The molecule has 0 spiro atoms. The van der Waals surface area contributed by atoms with Gasteiger partial charge in [-0.05, 0) is 42.8 Å². The van der Waals surface area contributed by atoms with Crippen molar-refractivity contribution < 1.29 is 22.7 Å². The summed E-state index contributed by atoms with van der Waals surface area (Å²) in [6.45, 7) is 1.48. The Balaban J connectivity index is 1.99. The van der Waals surface area contributed by atoms with Crippen LogP contribution in [0, 0.1) is 6.92 Å². The van der Waals surface area contributed by atoms with Crippen LogP contribution in [-0.2, 0) is 11.0 Å². The number of halogens is 4. The summed E-state index contributed by atoms with van der Waals surface area (Å²) in [7, 11) is 0. The van der Waals surface area contributed by atoms with Crippen LogP contribution >= 0.6 is 11.6 Å². The van der Waals surface area contributed by atoms with Gasteiger partial charge in [0, 0.05) is 5.69 Å². The third-order valence-electron chi connectivity index (χ3n) is 2.92. The largest absolute Gasteiger partial charge is 0.482 e. The highest BCUT2D eigenvalue weighted by Crippen LogP contribution is 2.30. The number of amides is 1. The number of aryl methyl sites for hydroxylation is 1. The lowest BCUT2D eigenvalue weighted by atomic mass is 10.2. The normalized spacial score (nSPS) is 11.2. The van der Waals surface area contributed by atoms with Crippen molar-refractivity contribution in [2.75, 3.05) is 11.9 Å². The lowest BCUT2D eigenvalue weighted by molar-refractivity contribution is -0.137. The summed E-state index contributed by atoms with van der Waals surface area (Å²) >= 11 is 5.93. The molecule has 0 radical (unpaired) electrons. The van der Waals surface area contributed by atoms with Crippen LogP contribution in [0.5, 0.6) is 5.75 Å². The molecule has 0 atom stereocenters. The quantitative estimate of drug-likeness (QED) is 0.875. The van der Waals surface area contributed by atoms with Crippen molar-refractivity contribution in [3.63, 3.8) is 0 Å². The summed E-state index contributed by atoms with van der Waals surface area (Å²) in [5.74, 6) is -0.243. The molecule has 0 fully saturated rings.